The van der Waals surface area contributed by atoms with Crippen LogP contribution in [0.3, 0.4) is 0 Å². The Morgan fingerprint density at radius 2 is 1.69 bits per heavy atom. The lowest BCUT2D eigenvalue weighted by Gasteiger charge is -2.10. The third-order valence-electron chi connectivity index (χ3n) is 5.12. The molecule has 0 bridgehead atoms. The molecule has 1 amide bonds. The van der Waals surface area contributed by atoms with Gasteiger partial charge in [-0.1, -0.05) is 29.8 Å². The van der Waals surface area contributed by atoms with Crippen LogP contribution in [0, 0.1) is 6.92 Å². The number of carbonyl (C=O) groups excluding carboxylic acids is 1. The van der Waals surface area contributed by atoms with E-state index >= 15 is 0 Å². The van der Waals surface area contributed by atoms with Crippen LogP contribution >= 0.6 is 0 Å². The standard InChI is InChI=1S/C24H24N4O3S/c1-18-7-11-20(12-8-18)27-32(30,31)21-13-9-19(10-14-21)24(29)25-15-4-16-28-17-26-22-5-2-3-6-23(22)28/h2-3,5-14,17,27H,4,15-16H2,1H3,(H,25,29). The third-order valence-corrected chi connectivity index (χ3v) is 6.52. The molecule has 4 rings (SSSR count). The lowest BCUT2D eigenvalue weighted by molar-refractivity contribution is 0.0952. The average Bonchev–Trinajstić information content (AvgIpc) is 3.21. The summed E-state index contributed by atoms with van der Waals surface area (Å²) in [4.78, 5) is 16.9. The highest BCUT2D eigenvalue weighted by Gasteiger charge is 2.15. The predicted molar refractivity (Wildman–Crippen MR) is 125 cm³/mol. The summed E-state index contributed by atoms with van der Waals surface area (Å²) in [5.41, 5.74) is 3.95. The quantitative estimate of drug-likeness (QED) is 0.399. The predicted octanol–water partition coefficient (Wildman–Crippen LogP) is 3.97. The van der Waals surface area contributed by atoms with E-state index in [1.165, 1.54) is 24.3 Å². The van der Waals surface area contributed by atoms with Crippen LogP contribution in [0.4, 0.5) is 5.69 Å². The van der Waals surface area contributed by atoms with Crippen molar-refractivity contribution >= 4 is 32.7 Å². The van der Waals surface area contributed by atoms with E-state index in [-0.39, 0.29) is 10.8 Å². The molecular weight excluding hydrogens is 424 g/mol. The topological polar surface area (TPSA) is 93.1 Å². The molecule has 8 heteroatoms. The zero-order chi connectivity index (χ0) is 22.6. The summed E-state index contributed by atoms with van der Waals surface area (Å²) in [6, 6.07) is 20.9. The number of sulfonamides is 1. The highest BCUT2D eigenvalue weighted by Crippen LogP contribution is 2.17. The van der Waals surface area contributed by atoms with Crippen molar-refractivity contribution in [2.24, 2.45) is 0 Å². The van der Waals surface area contributed by atoms with Gasteiger partial charge in [0.05, 0.1) is 22.3 Å². The van der Waals surface area contributed by atoms with Crippen LogP contribution in [0.15, 0.2) is 84.0 Å². The van der Waals surface area contributed by atoms with E-state index in [0.29, 0.717) is 17.8 Å². The number of nitrogens with zero attached hydrogens (tertiary/aromatic N) is 2. The highest BCUT2D eigenvalue weighted by molar-refractivity contribution is 7.92. The summed E-state index contributed by atoms with van der Waals surface area (Å²) in [7, 11) is -3.72. The van der Waals surface area contributed by atoms with Crippen molar-refractivity contribution in [3.8, 4) is 0 Å². The number of aromatic nitrogens is 2. The first kappa shape index (κ1) is 21.6. The Morgan fingerprint density at radius 1 is 0.969 bits per heavy atom. The molecular formula is C24H24N4O3S. The number of fused-ring (bicyclic) bond motifs is 1. The van der Waals surface area contributed by atoms with Gasteiger partial charge in [-0.2, -0.15) is 0 Å². The average molecular weight is 449 g/mol. The molecule has 4 aromatic rings. The molecule has 7 nitrogen and oxygen atoms in total. The number of carbonyl (C=O) groups is 1. The van der Waals surface area contributed by atoms with Gasteiger partial charge < -0.3 is 9.88 Å². The maximum Gasteiger partial charge on any atom is 0.261 e. The SMILES string of the molecule is Cc1ccc(NS(=O)(=O)c2ccc(C(=O)NCCCn3cnc4ccccc43)cc2)cc1. The fourth-order valence-corrected chi connectivity index (χ4v) is 4.42. The highest BCUT2D eigenvalue weighted by atomic mass is 32.2. The minimum atomic E-state index is -3.72. The second kappa shape index (κ2) is 9.23. The Morgan fingerprint density at radius 3 is 2.44 bits per heavy atom. The minimum Gasteiger partial charge on any atom is -0.352 e. The van der Waals surface area contributed by atoms with Gasteiger partial charge >= 0.3 is 0 Å². The molecule has 0 aliphatic carbocycles. The van der Waals surface area contributed by atoms with Gasteiger partial charge in [-0.15, -0.1) is 0 Å². The van der Waals surface area contributed by atoms with Gasteiger partial charge in [0.25, 0.3) is 15.9 Å². The lowest BCUT2D eigenvalue weighted by atomic mass is 10.2. The zero-order valence-corrected chi connectivity index (χ0v) is 18.5. The Hall–Kier alpha value is -3.65. The van der Waals surface area contributed by atoms with E-state index in [2.05, 4.69) is 19.6 Å². The molecule has 0 fully saturated rings. The number of aryl methyl sites for hydroxylation is 2. The molecule has 32 heavy (non-hydrogen) atoms. The number of rotatable bonds is 8. The Labute approximate surface area is 187 Å². The summed E-state index contributed by atoms with van der Waals surface area (Å²) in [5, 5.41) is 2.88. The smallest absolute Gasteiger partial charge is 0.261 e. The maximum atomic E-state index is 12.6. The Balaban J connectivity index is 1.31. The molecule has 164 valence electrons. The zero-order valence-electron chi connectivity index (χ0n) is 17.7. The molecule has 1 heterocycles. The van der Waals surface area contributed by atoms with E-state index in [1.807, 2.05) is 43.3 Å². The molecule has 2 N–H and O–H groups in total. The van der Waals surface area contributed by atoms with Crippen molar-refractivity contribution in [2.75, 3.05) is 11.3 Å². The largest absolute Gasteiger partial charge is 0.352 e. The Bertz CT molecular complexity index is 1330. The van der Waals surface area contributed by atoms with E-state index in [9.17, 15) is 13.2 Å². The molecule has 0 saturated heterocycles. The minimum absolute atomic E-state index is 0.0987. The van der Waals surface area contributed by atoms with Crippen molar-refractivity contribution in [2.45, 2.75) is 24.8 Å². The van der Waals surface area contributed by atoms with Gasteiger partial charge in [-0.05, 0) is 61.9 Å². The number of amides is 1. The van der Waals surface area contributed by atoms with E-state index in [0.717, 1.165) is 29.6 Å². The first-order valence-electron chi connectivity index (χ1n) is 10.3. The van der Waals surface area contributed by atoms with Crippen LogP contribution in [0.2, 0.25) is 0 Å². The normalized spacial score (nSPS) is 11.4. The van der Waals surface area contributed by atoms with Crippen molar-refractivity contribution < 1.29 is 13.2 Å². The second-order valence-corrected chi connectivity index (χ2v) is 9.21. The fraction of sp³-hybridized carbons (Fsp3) is 0.167. The molecule has 0 spiro atoms. The second-order valence-electron chi connectivity index (χ2n) is 7.53. The molecule has 3 aromatic carbocycles. The van der Waals surface area contributed by atoms with E-state index in [4.69, 9.17) is 0 Å². The summed E-state index contributed by atoms with van der Waals surface area (Å²) < 4.78 is 29.7. The van der Waals surface area contributed by atoms with Gasteiger partial charge in [0.1, 0.15) is 0 Å². The van der Waals surface area contributed by atoms with Crippen LogP contribution in [0.25, 0.3) is 11.0 Å². The molecule has 1 aromatic heterocycles. The molecule has 0 saturated carbocycles. The summed E-state index contributed by atoms with van der Waals surface area (Å²) >= 11 is 0. The number of hydrogen-bond acceptors (Lipinski definition) is 4. The Kier molecular flexibility index (Phi) is 6.23. The van der Waals surface area contributed by atoms with Crippen LogP contribution in [-0.2, 0) is 16.6 Å². The van der Waals surface area contributed by atoms with Crippen LogP contribution < -0.4 is 10.0 Å². The van der Waals surface area contributed by atoms with Crippen LogP contribution in [0.1, 0.15) is 22.3 Å². The van der Waals surface area contributed by atoms with Gasteiger partial charge in [-0.3, -0.25) is 9.52 Å². The van der Waals surface area contributed by atoms with Crippen molar-refractivity contribution in [1.29, 1.82) is 0 Å². The van der Waals surface area contributed by atoms with Gasteiger partial charge in [0.15, 0.2) is 0 Å². The number of benzene rings is 3. The van der Waals surface area contributed by atoms with Crippen LogP contribution in [0.5, 0.6) is 0 Å². The van der Waals surface area contributed by atoms with Crippen LogP contribution in [-0.4, -0.2) is 30.4 Å². The van der Waals surface area contributed by atoms with Crippen molar-refractivity contribution in [3.63, 3.8) is 0 Å². The number of nitrogens with one attached hydrogen (secondary N) is 2. The molecule has 0 radical (unpaired) electrons. The van der Waals surface area contributed by atoms with Gasteiger partial charge in [0.2, 0.25) is 0 Å². The summed E-state index contributed by atoms with van der Waals surface area (Å²) in [5.74, 6) is -0.240. The van der Waals surface area contributed by atoms with Gasteiger partial charge in [-0.25, -0.2) is 13.4 Å². The number of anilines is 1. The van der Waals surface area contributed by atoms with E-state index < -0.39 is 10.0 Å². The van der Waals surface area contributed by atoms with Crippen molar-refractivity contribution in [1.82, 2.24) is 14.9 Å². The van der Waals surface area contributed by atoms with Gasteiger partial charge in [0, 0.05) is 24.3 Å². The summed E-state index contributed by atoms with van der Waals surface area (Å²) in [6.45, 7) is 3.17. The number of hydrogen-bond donors (Lipinski definition) is 2. The first-order chi connectivity index (χ1) is 15.4. The third kappa shape index (κ3) is 4.97. The van der Waals surface area contributed by atoms with Crippen molar-refractivity contribution in [3.05, 3.63) is 90.3 Å². The van der Waals surface area contributed by atoms with E-state index in [1.54, 1.807) is 18.5 Å². The first-order valence-corrected chi connectivity index (χ1v) is 11.8. The molecule has 0 aliphatic heterocycles. The maximum absolute atomic E-state index is 12.6. The number of imidazole rings is 1. The number of para-hydroxylation sites is 2. The summed E-state index contributed by atoms with van der Waals surface area (Å²) in [6.07, 6.45) is 2.55. The lowest BCUT2D eigenvalue weighted by Crippen LogP contribution is -2.25. The monoisotopic (exact) mass is 448 g/mol. The molecule has 0 atom stereocenters. The fourth-order valence-electron chi connectivity index (χ4n) is 3.36. The molecule has 0 unspecified atom stereocenters. The molecule has 0 aliphatic rings.